The Labute approximate surface area is 96.6 Å². The molecule has 1 rings (SSSR count). The van der Waals surface area contributed by atoms with E-state index < -0.39 is 21.5 Å². The van der Waals surface area contributed by atoms with Gasteiger partial charge in [0.05, 0.1) is 0 Å². The van der Waals surface area contributed by atoms with Gasteiger partial charge in [-0.05, 0) is 11.5 Å². The molecular formula is C9H10F3NO3S. The summed E-state index contributed by atoms with van der Waals surface area (Å²) in [5.41, 5.74) is -4.69. The summed E-state index contributed by atoms with van der Waals surface area (Å²) in [4.78, 5) is 3.50. The average molecular weight is 269 g/mol. The van der Waals surface area contributed by atoms with E-state index in [-0.39, 0.29) is 5.92 Å². The first kappa shape index (κ1) is 13.8. The molecule has 1 aromatic heterocycles. The molecule has 8 heteroatoms. The molecule has 0 aliphatic heterocycles. The summed E-state index contributed by atoms with van der Waals surface area (Å²) in [6.07, 6.45) is 1.27. The number of alkyl halides is 3. The Morgan fingerprint density at radius 1 is 1.29 bits per heavy atom. The molecule has 1 aromatic rings. The van der Waals surface area contributed by atoms with Gasteiger partial charge >= 0.3 is 15.6 Å². The maximum Gasteiger partial charge on any atom is 0.534 e. The van der Waals surface area contributed by atoms with E-state index in [0.717, 1.165) is 11.6 Å². The first-order valence-corrected chi connectivity index (χ1v) is 6.01. The number of aromatic nitrogens is 1. The van der Waals surface area contributed by atoms with Crippen molar-refractivity contribution in [3.63, 3.8) is 0 Å². The maximum absolute atomic E-state index is 12.0. The van der Waals surface area contributed by atoms with Crippen LogP contribution in [0.3, 0.4) is 0 Å². The van der Waals surface area contributed by atoms with Gasteiger partial charge in [-0.3, -0.25) is 0 Å². The summed E-state index contributed by atoms with van der Waals surface area (Å²) in [6.45, 7) is 3.73. The zero-order valence-electron chi connectivity index (χ0n) is 9.02. The fourth-order valence-electron chi connectivity index (χ4n) is 0.942. The van der Waals surface area contributed by atoms with Crippen LogP contribution in [-0.4, -0.2) is 18.9 Å². The largest absolute Gasteiger partial charge is 0.534 e. The van der Waals surface area contributed by atoms with Gasteiger partial charge in [0.25, 0.3) is 0 Å². The number of nitrogens with zero attached hydrogens (tertiary/aromatic N) is 1. The SMILES string of the molecule is CC(C)c1ccc(OS(=O)(=O)C(F)(F)F)nc1. The molecule has 17 heavy (non-hydrogen) atoms. The quantitative estimate of drug-likeness (QED) is 0.624. The Bertz CT molecular complexity index is 479. The van der Waals surface area contributed by atoms with Gasteiger partial charge in [-0.1, -0.05) is 19.9 Å². The predicted molar refractivity (Wildman–Crippen MR) is 53.9 cm³/mol. The van der Waals surface area contributed by atoms with Crippen LogP contribution in [0.15, 0.2) is 18.3 Å². The molecule has 1 heterocycles. The van der Waals surface area contributed by atoms with Crippen molar-refractivity contribution in [1.29, 1.82) is 0 Å². The van der Waals surface area contributed by atoms with Gasteiger partial charge in [0, 0.05) is 12.3 Å². The Hall–Kier alpha value is -1.31. The minimum absolute atomic E-state index is 0.135. The topological polar surface area (TPSA) is 56.3 Å². The number of pyridine rings is 1. The highest BCUT2D eigenvalue weighted by atomic mass is 32.2. The molecule has 0 N–H and O–H groups in total. The van der Waals surface area contributed by atoms with Crippen molar-refractivity contribution in [3.05, 3.63) is 23.9 Å². The fraction of sp³-hybridized carbons (Fsp3) is 0.444. The van der Waals surface area contributed by atoms with Crippen molar-refractivity contribution in [3.8, 4) is 5.88 Å². The standard InChI is InChI=1S/C9H10F3NO3S/c1-6(2)7-3-4-8(13-5-7)16-17(14,15)9(10,11)12/h3-6H,1-2H3. The summed E-state index contributed by atoms with van der Waals surface area (Å²) in [5.74, 6) is -0.470. The smallest absolute Gasteiger partial charge is 0.355 e. The van der Waals surface area contributed by atoms with Crippen LogP contribution in [0.5, 0.6) is 5.88 Å². The number of rotatable bonds is 3. The maximum atomic E-state index is 12.0. The van der Waals surface area contributed by atoms with Crippen LogP contribution in [0.4, 0.5) is 13.2 Å². The summed E-state index contributed by atoms with van der Waals surface area (Å²) < 4.78 is 61.1. The van der Waals surface area contributed by atoms with Crippen LogP contribution in [0.25, 0.3) is 0 Å². The molecule has 0 amide bonds. The molecule has 0 radical (unpaired) electrons. The zero-order chi connectivity index (χ0) is 13.3. The Morgan fingerprint density at radius 2 is 1.88 bits per heavy atom. The molecule has 0 aromatic carbocycles. The molecule has 0 aliphatic carbocycles. The molecule has 0 spiro atoms. The Balaban J connectivity index is 2.91. The summed E-state index contributed by atoms with van der Waals surface area (Å²) >= 11 is 0. The molecule has 0 fully saturated rings. The van der Waals surface area contributed by atoms with Crippen molar-refractivity contribution in [2.24, 2.45) is 0 Å². The second-order valence-electron chi connectivity index (χ2n) is 3.57. The fourth-order valence-corrected chi connectivity index (χ4v) is 1.36. The molecule has 0 bridgehead atoms. The van der Waals surface area contributed by atoms with Crippen molar-refractivity contribution in [1.82, 2.24) is 4.98 Å². The van der Waals surface area contributed by atoms with Gasteiger partial charge in [0.1, 0.15) is 0 Å². The van der Waals surface area contributed by atoms with E-state index in [9.17, 15) is 21.6 Å². The van der Waals surface area contributed by atoms with Crippen LogP contribution in [0.1, 0.15) is 25.3 Å². The van der Waals surface area contributed by atoms with Gasteiger partial charge in [0.2, 0.25) is 5.88 Å². The molecule has 0 aliphatic rings. The van der Waals surface area contributed by atoms with Crippen LogP contribution < -0.4 is 4.18 Å². The van der Waals surface area contributed by atoms with Crippen LogP contribution in [0.2, 0.25) is 0 Å². The summed E-state index contributed by atoms with van der Waals surface area (Å²) in [6, 6.07) is 2.54. The molecular weight excluding hydrogens is 259 g/mol. The predicted octanol–water partition coefficient (Wildman–Crippen LogP) is 2.43. The van der Waals surface area contributed by atoms with Crippen molar-refractivity contribution < 1.29 is 25.8 Å². The van der Waals surface area contributed by atoms with Gasteiger partial charge in [-0.25, -0.2) is 4.98 Å². The summed E-state index contributed by atoms with van der Waals surface area (Å²) in [7, 11) is -5.65. The van der Waals surface area contributed by atoms with E-state index in [4.69, 9.17) is 0 Å². The van der Waals surface area contributed by atoms with Crippen LogP contribution in [0, 0.1) is 0 Å². The van der Waals surface area contributed by atoms with Crippen LogP contribution in [-0.2, 0) is 10.1 Å². The Kier molecular flexibility index (Phi) is 3.65. The zero-order valence-corrected chi connectivity index (χ0v) is 9.84. The highest BCUT2D eigenvalue weighted by molar-refractivity contribution is 7.87. The highest BCUT2D eigenvalue weighted by Gasteiger charge is 2.48. The third-order valence-electron chi connectivity index (χ3n) is 1.90. The normalized spacial score (nSPS) is 12.8. The first-order chi connectivity index (χ1) is 7.63. The number of halogens is 3. The van der Waals surface area contributed by atoms with Crippen molar-refractivity contribution >= 4 is 10.1 Å². The average Bonchev–Trinajstić information content (AvgIpc) is 2.16. The molecule has 96 valence electrons. The van der Waals surface area contributed by atoms with Gasteiger partial charge in [-0.2, -0.15) is 21.6 Å². The van der Waals surface area contributed by atoms with E-state index in [0.29, 0.717) is 0 Å². The molecule has 4 nitrogen and oxygen atoms in total. The molecule has 0 saturated carbocycles. The van der Waals surface area contributed by atoms with E-state index in [1.54, 1.807) is 0 Å². The van der Waals surface area contributed by atoms with Crippen molar-refractivity contribution in [2.45, 2.75) is 25.3 Å². The van der Waals surface area contributed by atoms with Gasteiger partial charge in [0.15, 0.2) is 0 Å². The number of hydrogen-bond acceptors (Lipinski definition) is 4. The molecule has 0 atom stereocenters. The molecule has 0 unspecified atom stereocenters. The van der Waals surface area contributed by atoms with Gasteiger partial charge < -0.3 is 4.18 Å². The lowest BCUT2D eigenvalue weighted by Crippen LogP contribution is -2.28. The van der Waals surface area contributed by atoms with E-state index in [1.165, 1.54) is 12.3 Å². The van der Waals surface area contributed by atoms with Crippen LogP contribution >= 0.6 is 0 Å². The van der Waals surface area contributed by atoms with E-state index in [1.807, 2.05) is 13.8 Å². The lowest BCUT2D eigenvalue weighted by atomic mass is 10.1. The van der Waals surface area contributed by atoms with E-state index >= 15 is 0 Å². The second kappa shape index (κ2) is 4.52. The molecule has 0 saturated heterocycles. The number of hydrogen-bond donors (Lipinski definition) is 0. The third-order valence-corrected chi connectivity index (χ3v) is 2.86. The first-order valence-electron chi connectivity index (χ1n) is 4.60. The Morgan fingerprint density at radius 3 is 2.24 bits per heavy atom. The van der Waals surface area contributed by atoms with E-state index in [2.05, 4.69) is 9.17 Å². The van der Waals surface area contributed by atoms with Crippen molar-refractivity contribution in [2.75, 3.05) is 0 Å². The van der Waals surface area contributed by atoms with Gasteiger partial charge in [-0.15, -0.1) is 0 Å². The lowest BCUT2D eigenvalue weighted by molar-refractivity contribution is -0.0501. The monoisotopic (exact) mass is 269 g/mol. The minimum atomic E-state index is -5.65. The third kappa shape index (κ3) is 3.32. The second-order valence-corrected chi connectivity index (χ2v) is 5.11. The highest BCUT2D eigenvalue weighted by Crippen LogP contribution is 2.26. The summed E-state index contributed by atoms with van der Waals surface area (Å²) in [5, 5.41) is 0. The minimum Gasteiger partial charge on any atom is -0.355 e. The lowest BCUT2D eigenvalue weighted by Gasteiger charge is -2.09.